The molecule has 0 unspecified atom stereocenters. The van der Waals surface area contributed by atoms with E-state index in [1.54, 1.807) is 10.9 Å². The second-order valence-electron chi connectivity index (χ2n) is 3.42. The van der Waals surface area contributed by atoms with E-state index in [-0.39, 0.29) is 0 Å². The summed E-state index contributed by atoms with van der Waals surface area (Å²) in [5, 5.41) is 15.9. The summed E-state index contributed by atoms with van der Waals surface area (Å²) in [5.74, 6) is 1.36. The van der Waals surface area contributed by atoms with E-state index in [1.807, 2.05) is 7.05 Å². The largest absolute Gasteiger partial charge is 0.369 e. The molecule has 0 saturated heterocycles. The van der Waals surface area contributed by atoms with Gasteiger partial charge in [0.2, 0.25) is 0 Å². The van der Waals surface area contributed by atoms with Crippen LogP contribution in [0.1, 0.15) is 19.4 Å². The van der Waals surface area contributed by atoms with Crippen LogP contribution in [-0.4, -0.2) is 16.3 Å². The highest BCUT2D eigenvalue weighted by Gasteiger charge is 2.06. The van der Waals surface area contributed by atoms with Crippen LogP contribution in [0.4, 0.5) is 5.82 Å². The third-order valence-electron chi connectivity index (χ3n) is 1.74. The number of nitrogens with one attached hydrogen (secondary N) is 1. The van der Waals surface area contributed by atoms with E-state index < -0.39 is 0 Å². The van der Waals surface area contributed by atoms with Crippen molar-refractivity contribution in [3.05, 3.63) is 11.8 Å². The highest BCUT2D eigenvalue weighted by Crippen LogP contribution is 2.12. The minimum atomic E-state index is 0.557. The van der Waals surface area contributed by atoms with Crippen molar-refractivity contribution in [2.45, 2.75) is 13.8 Å². The van der Waals surface area contributed by atoms with Crippen molar-refractivity contribution in [1.82, 2.24) is 9.78 Å². The molecule has 1 aromatic rings. The van der Waals surface area contributed by atoms with Crippen LogP contribution >= 0.6 is 0 Å². The van der Waals surface area contributed by atoms with Gasteiger partial charge in [0.1, 0.15) is 17.5 Å². The lowest BCUT2D eigenvalue weighted by molar-refractivity contribution is 0.676. The molecule has 0 bridgehead atoms. The Labute approximate surface area is 78.2 Å². The SMILES string of the molecule is CC(C)CNc1c(C#N)cnn1C. The number of nitrogens with zero attached hydrogens (tertiary/aromatic N) is 3. The topological polar surface area (TPSA) is 53.6 Å². The molecular formula is C9H14N4. The van der Waals surface area contributed by atoms with Gasteiger partial charge in [-0.1, -0.05) is 13.8 Å². The van der Waals surface area contributed by atoms with Crippen LogP contribution in [0, 0.1) is 17.2 Å². The number of nitriles is 1. The van der Waals surface area contributed by atoms with E-state index >= 15 is 0 Å². The second-order valence-corrected chi connectivity index (χ2v) is 3.42. The van der Waals surface area contributed by atoms with Crippen molar-refractivity contribution in [3.63, 3.8) is 0 Å². The van der Waals surface area contributed by atoms with Gasteiger partial charge in [-0.15, -0.1) is 0 Å². The smallest absolute Gasteiger partial charge is 0.142 e. The van der Waals surface area contributed by atoms with Crippen LogP contribution in [-0.2, 0) is 7.05 Å². The first-order valence-electron chi connectivity index (χ1n) is 4.31. The van der Waals surface area contributed by atoms with Gasteiger partial charge in [0.05, 0.1) is 6.20 Å². The Balaban J connectivity index is 2.75. The van der Waals surface area contributed by atoms with Crippen molar-refractivity contribution in [2.24, 2.45) is 13.0 Å². The van der Waals surface area contributed by atoms with Crippen LogP contribution in [0.25, 0.3) is 0 Å². The average molecular weight is 178 g/mol. The molecule has 0 saturated carbocycles. The predicted molar refractivity (Wildman–Crippen MR) is 51.3 cm³/mol. The zero-order valence-electron chi connectivity index (χ0n) is 8.20. The van der Waals surface area contributed by atoms with Crippen LogP contribution in [0.5, 0.6) is 0 Å². The quantitative estimate of drug-likeness (QED) is 0.760. The zero-order valence-corrected chi connectivity index (χ0v) is 8.20. The van der Waals surface area contributed by atoms with Gasteiger partial charge in [-0.3, -0.25) is 4.68 Å². The molecule has 0 aliphatic heterocycles. The number of rotatable bonds is 3. The number of hydrogen-bond acceptors (Lipinski definition) is 3. The lowest BCUT2D eigenvalue weighted by Gasteiger charge is -2.08. The van der Waals surface area contributed by atoms with Gasteiger partial charge in [-0.05, 0) is 5.92 Å². The summed E-state index contributed by atoms with van der Waals surface area (Å²) >= 11 is 0. The summed E-state index contributed by atoms with van der Waals surface area (Å²) in [6, 6.07) is 2.09. The van der Waals surface area contributed by atoms with Gasteiger partial charge >= 0.3 is 0 Å². The van der Waals surface area contributed by atoms with E-state index in [0.29, 0.717) is 11.5 Å². The molecule has 1 rings (SSSR count). The van der Waals surface area contributed by atoms with Crippen molar-refractivity contribution in [2.75, 3.05) is 11.9 Å². The Morgan fingerprint density at radius 1 is 1.69 bits per heavy atom. The highest BCUT2D eigenvalue weighted by molar-refractivity contribution is 5.51. The van der Waals surface area contributed by atoms with Crippen LogP contribution in [0.3, 0.4) is 0 Å². The summed E-state index contributed by atoms with van der Waals surface area (Å²) in [7, 11) is 1.82. The number of hydrogen-bond donors (Lipinski definition) is 1. The lowest BCUT2D eigenvalue weighted by atomic mass is 10.2. The molecule has 13 heavy (non-hydrogen) atoms. The van der Waals surface area contributed by atoms with E-state index in [0.717, 1.165) is 12.4 Å². The Bertz CT molecular complexity index is 319. The Kier molecular flexibility index (Phi) is 2.91. The Morgan fingerprint density at radius 3 is 2.92 bits per heavy atom. The second kappa shape index (κ2) is 3.94. The molecular weight excluding hydrogens is 164 g/mol. The van der Waals surface area contributed by atoms with Crippen molar-refractivity contribution >= 4 is 5.82 Å². The molecule has 0 aliphatic rings. The van der Waals surface area contributed by atoms with E-state index in [4.69, 9.17) is 5.26 Å². The summed E-state index contributed by atoms with van der Waals surface area (Å²) < 4.78 is 1.68. The first-order chi connectivity index (χ1) is 6.15. The molecule has 1 aromatic heterocycles. The van der Waals surface area contributed by atoms with Crippen LogP contribution in [0.2, 0.25) is 0 Å². The maximum Gasteiger partial charge on any atom is 0.142 e. The van der Waals surface area contributed by atoms with Crippen molar-refractivity contribution in [3.8, 4) is 6.07 Å². The van der Waals surface area contributed by atoms with Gasteiger partial charge in [0.25, 0.3) is 0 Å². The summed E-state index contributed by atoms with van der Waals surface area (Å²) in [4.78, 5) is 0. The molecule has 0 radical (unpaired) electrons. The number of anilines is 1. The van der Waals surface area contributed by atoms with E-state index in [9.17, 15) is 0 Å². The number of aromatic nitrogens is 2. The van der Waals surface area contributed by atoms with Crippen LogP contribution in [0.15, 0.2) is 6.20 Å². The van der Waals surface area contributed by atoms with Crippen molar-refractivity contribution in [1.29, 1.82) is 5.26 Å². The maximum atomic E-state index is 8.75. The third kappa shape index (κ3) is 2.22. The van der Waals surface area contributed by atoms with Gasteiger partial charge in [0.15, 0.2) is 0 Å². The Hall–Kier alpha value is -1.50. The molecule has 0 amide bonds. The third-order valence-corrected chi connectivity index (χ3v) is 1.74. The molecule has 0 aromatic carbocycles. The van der Waals surface area contributed by atoms with Gasteiger partial charge in [0, 0.05) is 13.6 Å². The van der Waals surface area contributed by atoms with Gasteiger partial charge in [-0.25, -0.2) is 0 Å². The summed E-state index contributed by atoms with van der Waals surface area (Å²) in [6.07, 6.45) is 1.57. The minimum absolute atomic E-state index is 0.557. The lowest BCUT2D eigenvalue weighted by Crippen LogP contribution is -2.11. The standard InChI is InChI=1S/C9H14N4/c1-7(2)5-11-9-8(4-10)6-12-13(9)3/h6-7,11H,5H2,1-3H3. The maximum absolute atomic E-state index is 8.75. The highest BCUT2D eigenvalue weighted by atomic mass is 15.3. The monoisotopic (exact) mass is 178 g/mol. The zero-order chi connectivity index (χ0) is 9.84. The van der Waals surface area contributed by atoms with E-state index in [1.165, 1.54) is 0 Å². The fourth-order valence-corrected chi connectivity index (χ4v) is 1.03. The van der Waals surface area contributed by atoms with Gasteiger partial charge in [-0.2, -0.15) is 10.4 Å². The number of aryl methyl sites for hydroxylation is 1. The fourth-order valence-electron chi connectivity index (χ4n) is 1.03. The Morgan fingerprint density at radius 2 is 2.38 bits per heavy atom. The molecule has 0 atom stereocenters. The molecule has 70 valence electrons. The predicted octanol–water partition coefficient (Wildman–Crippen LogP) is 1.36. The molecule has 0 fully saturated rings. The first kappa shape index (κ1) is 9.59. The molecule has 0 aliphatic carbocycles. The van der Waals surface area contributed by atoms with Crippen molar-refractivity contribution < 1.29 is 0 Å². The molecule has 1 N–H and O–H groups in total. The summed E-state index contributed by atoms with van der Waals surface area (Å²) in [6.45, 7) is 5.10. The molecule has 4 heteroatoms. The van der Waals surface area contributed by atoms with E-state index in [2.05, 4.69) is 30.3 Å². The average Bonchev–Trinajstić information content (AvgIpc) is 2.43. The summed E-state index contributed by atoms with van der Waals surface area (Å²) in [5.41, 5.74) is 0.600. The van der Waals surface area contributed by atoms with Gasteiger partial charge < -0.3 is 5.32 Å². The first-order valence-corrected chi connectivity index (χ1v) is 4.31. The van der Waals surface area contributed by atoms with Crippen LogP contribution < -0.4 is 5.32 Å². The fraction of sp³-hybridized carbons (Fsp3) is 0.556. The molecule has 0 spiro atoms. The minimum Gasteiger partial charge on any atom is -0.369 e. The normalized spacial score (nSPS) is 10.1. The molecule has 4 nitrogen and oxygen atoms in total. The molecule has 1 heterocycles.